The van der Waals surface area contributed by atoms with Crippen LogP contribution in [0, 0.1) is 0 Å². The largest absolute Gasteiger partial charge is 0.379 e. The normalized spacial score (nSPS) is 20.6. The molecule has 8 heteroatoms. The van der Waals surface area contributed by atoms with E-state index >= 15 is 0 Å². The minimum Gasteiger partial charge on any atom is -0.379 e. The zero-order valence-corrected chi connectivity index (χ0v) is 16.2. The number of hydroxylamine groups is 1. The molecule has 0 bridgehead atoms. The lowest BCUT2D eigenvalue weighted by atomic mass is 10.2. The number of sulfonamides is 1. The molecule has 2 fully saturated rings. The van der Waals surface area contributed by atoms with Crippen LogP contribution in [0.1, 0.15) is 51.4 Å². The fourth-order valence-corrected chi connectivity index (χ4v) is 5.13. The smallest absolute Gasteiger partial charge is 0.236 e. The minimum absolute atomic E-state index is 0.0127. The third-order valence-electron chi connectivity index (χ3n) is 4.98. The number of morpholine rings is 1. The topological polar surface area (TPSA) is 85.1 Å². The highest BCUT2D eigenvalue weighted by molar-refractivity contribution is 7.88. The van der Waals surface area contributed by atoms with Gasteiger partial charge >= 0.3 is 0 Å². The summed E-state index contributed by atoms with van der Waals surface area (Å²) in [5.41, 5.74) is 5.49. The van der Waals surface area contributed by atoms with Gasteiger partial charge in [-0.05, 0) is 32.2 Å². The molecule has 0 aromatic carbocycles. The van der Waals surface area contributed by atoms with Gasteiger partial charge in [-0.15, -0.1) is 0 Å². The molecule has 0 aromatic rings. The molecule has 0 atom stereocenters. The van der Waals surface area contributed by atoms with Crippen LogP contribution >= 0.6 is 0 Å². The van der Waals surface area contributed by atoms with Gasteiger partial charge in [0.15, 0.2) is 0 Å². The van der Waals surface area contributed by atoms with Crippen molar-refractivity contribution in [3.05, 3.63) is 0 Å². The number of nitrogens with zero attached hydrogens (tertiary/aromatic N) is 2. The summed E-state index contributed by atoms with van der Waals surface area (Å²) in [6, 6.07) is 0.0127. The summed E-state index contributed by atoms with van der Waals surface area (Å²) in [6.07, 6.45) is 7.52. The predicted octanol–water partition coefficient (Wildman–Crippen LogP) is 1.34. The Morgan fingerprint density at radius 2 is 1.76 bits per heavy atom. The van der Waals surface area contributed by atoms with Crippen LogP contribution < -0.4 is 5.73 Å². The molecule has 0 radical (unpaired) electrons. The van der Waals surface area contributed by atoms with E-state index in [0.717, 1.165) is 77.8 Å². The van der Waals surface area contributed by atoms with Crippen molar-refractivity contribution in [3.63, 3.8) is 0 Å². The van der Waals surface area contributed by atoms with Crippen LogP contribution in [0.2, 0.25) is 0 Å². The zero-order valence-electron chi connectivity index (χ0n) is 15.4. The van der Waals surface area contributed by atoms with Crippen LogP contribution in [0.3, 0.4) is 0 Å². The molecule has 1 heterocycles. The van der Waals surface area contributed by atoms with Gasteiger partial charge in [0.2, 0.25) is 10.0 Å². The van der Waals surface area contributed by atoms with E-state index in [2.05, 4.69) is 4.90 Å². The molecule has 0 unspecified atom stereocenters. The van der Waals surface area contributed by atoms with Gasteiger partial charge in [0.05, 0.1) is 31.6 Å². The highest BCUT2D eigenvalue weighted by Gasteiger charge is 2.33. The lowest BCUT2D eigenvalue weighted by Crippen LogP contribution is -2.43. The second kappa shape index (κ2) is 11.5. The Hall–Kier alpha value is -0.250. The maximum Gasteiger partial charge on any atom is 0.236 e. The van der Waals surface area contributed by atoms with Crippen LogP contribution in [0.15, 0.2) is 0 Å². The highest BCUT2D eigenvalue weighted by Crippen LogP contribution is 2.26. The zero-order chi connectivity index (χ0) is 18.0. The molecule has 1 saturated heterocycles. The number of ether oxygens (including phenoxy) is 1. The third kappa shape index (κ3) is 7.48. The van der Waals surface area contributed by atoms with E-state index in [1.807, 2.05) is 0 Å². The molecule has 2 N–H and O–H groups in total. The molecule has 0 amide bonds. The Morgan fingerprint density at radius 3 is 2.44 bits per heavy atom. The molecule has 7 nitrogen and oxygen atoms in total. The summed E-state index contributed by atoms with van der Waals surface area (Å²) in [5.74, 6) is 0.172. The monoisotopic (exact) mass is 377 g/mol. The predicted molar refractivity (Wildman–Crippen MR) is 98.6 cm³/mol. The molecule has 148 valence electrons. The average molecular weight is 378 g/mol. The van der Waals surface area contributed by atoms with E-state index in [-0.39, 0.29) is 11.8 Å². The standard InChI is InChI=1S/C17H35N3O4S/c18-9-5-1-2-6-16-25(21,22)20(17-7-3-4-8-17)24-15-12-19-10-13-23-14-11-19/h17H,1-16,18H2. The van der Waals surface area contributed by atoms with E-state index in [1.165, 1.54) is 4.47 Å². The fraction of sp³-hybridized carbons (Fsp3) is 1.00. The van der Waals surface area contributed by atoms with Crippen LogP contribution in [-0.4, -0.2) is 75.6 Å². The molecule has 1 aliphatic carbocycles. The van der Waals surface area contributed by atoms with Crippen molar-refractivity contribution in [1.29, 1.82) is 0 Å². The van der Waals surface area contributed by atoms with Gasteiger partial charge in [0.25, 0.3) is 0 Å². The van der Waals surface area contributed by atoms with Gasteiger partial charge in [-0.3, -0.25) is 9.74 Å². The number of rotatable bonds is 12. The quantitative estimate of drug-likeness (QED) is 0.408. The van der Waals surface area contributed by atoms with Gasteiger partial charge in [0, 0.05) is 19.6 Å². The van der Waals surface area contributed by atoms with Gasteiger partial charge in [-0.2, -0.15) is 0 Å². The summed E-state index contributed by atoms with van der Waals surface area (Å²) in [7, 11) is -3.36. The van der Waals surface area contributed by atoms with Gasteiger partial charge in [-0.25, -0.2) is 8.42 Å². The van der Waals surface area contributed by atoms with E-state index in [1.54, 1.807) is 0 Å². The molecule has 2 rings (SSSR count). The Labute approximate surface area is 152 Å². The van der Waals surface area contributed by atoms with Crippen LogP contribution in [0.4, 0.5) is 0 Å². The molecule has 0 aromatic heterocycles. The van der Waals surface area contributed by atoms with Crippen molar-refractivity contribution in [2.45, 2.75) is 57.4 Å². The Balaban J connectivity index is 1.81. The Morgan fingerprint density at radius 1 is 1.08 bits per heavy atom. The van der Waals surface area contributed by atoms with E-state index in [0.29, 0.717) is 19.6 Å². The van der Waals surface area contributed by atoms with E-state index in [4.69, 9.17) is 15.3 Å². The molecule has 2 aliphatic rings. The minimum atomic E-state index is -3.36. The van der Waals surface area contributed by atoms with Gasteiger partial charge in [0.1, 0.15) is 0 Å². The maximum absolute atomic E-state index is 12.8. The average Bonchev–Trinajstić information content (AvgIpc) is 3.13. The van der Waals surface area contributed by atoms with Crippen LogP contribution in [0.5, 0.6) is 0 Å². The van der Waals surface area contributed by atoms with Crippen LogP contribution in [0.25, 0.3) is 0 Å². The number of unbranched alkanes of at least 4 members (excludes halogenated alkanes) is 3. The second-order valence-corrected chi connectivity index (χ2v) is 8.93. The molecule has 0 spiro atoms. The van der Waals surface area contributed by atoms with Crippen LogP contribution in [-0.2, 0) is 19.6 Å². The molecule has 25 heavy (non-hydrogen) atoms. The first-order valence-electron chi connectivity index (χ1n) is 9.78. The first-order chi connectivity index (χ1) is 12.1. The lowest BCUT2D eigenvalue weighted by Gasteiger charge is -2.30. The van der Waals surface area contributed by atoms with Gasteiger partial charge < -0.3 is 10.5 Å². The van der Waals surface area contributed by atoms with Crippen molar-refractivity contribution >= 4 is 10.0 Å². The summed E-state index contributed by atoms with van der Waals surface area (Å²) >= 11 is 0. The molecular formula is C17H35N3O4S. The highest BCUT2D eigenvalue weighted by atomic mass is 32.2. The van der Waals surface area contributed by atoms with Gasteiger partial charge in [-0.1, -0.05) is 30.2 Å². The van der Waals surface area contributed by atoms with Crippen molar-refractivity contribution < 1.29 is 18.0 Å². The van der Waals surface area contributed by atoms with Crippen molar-refractivity contribution in [2.75, 3.05) is 51.8 Å². The van der Waals surface area contributed by atoms with Crippen molar-refractivity contribution in [2.24, 2.45) is 5.73 Å². The first kappa shape index (κ1) is 21.1. The summed E-state index contributed by atoms with van der Waals surface area (Å²) in [4.78, 5) is 8.07. The third-order valence-corrected chi connectivity index (χ3v) is 6.74. The van der Waals surface area contributed by atoms with E-state index in [9.17, 15) is 8.42 Å². The maximum atomic E-state index is 12.8. The summed E-state index contributed by atoms with van der Waals surface area (Å²) in [6.45, 7) is 5.11. The number of hydrogen-bond donors (Lipinski definition) is 1. The fourth-order valence-electron chi connectivity index (χ4n) is 3.48. The molecule has 1 saturated carbocycles. The molecule has 1 aliphatic heterocycles. The number of hydrogen-bond acceptors (Lipinski definition) is 6. The molecular weight excluding hydrogens is 342 g/mol. The van der Waals surface area contributed by atoms with Crippen molar-refractivity contribution in [3.8, 4) is 0 Å². The Kier molecular flexibility index (Phi) is 9.65. The SMILES string of the molecule is NCCCCCCS(=O)(=O)N(OCCN1CCOCC1)C1CCCC1. The number of nitrogens with two attached hydrogens (primary N) is 1. The lowest BCUT2D eigenvalue weighted by molar-refractivity contribution is -0.118. The van der Waals surface area contributed by atoms with Crippen molar-refractivity contribution in [1.82, 2.24) is 9.37 Å². The summed E-state index contributed by atoms with van der Waals surface area (Å²) in [5, 5.41) is 0. The van der Waals surface area contributed by atoms with E-state index < -0.39 is 10.0 Å². The Bertz CT molecular complexity index is 449. The second-order valence-electron chi connectivity index (χ2n) is 7.00. The summed E-state index contributed by atoms with van der Waals surface area (Å²) < 4.78 is 32.2. The first-order valence-corrected chi connectivity index (χ1v) is 11.4.